The molecule has 0 amide bonds. The molecule has 0 atom stereocenters. The third-order valence-electron chi connectivity index (χ3n) is 3.07. The molecule has 0 spiro atoms. The van der Waals surface area contributed by atoms with Crippen LogP contribution in [0.15, 0.2) is 28.7 Å². The van der Waals surface area contributed by atoms with Gasteiger partial charge in [0, 0.05) is 12.4 Å². The van der Waals surface area contributed by atoms with Gasteiger partial charge in [0.05, 0.1) is 12.6 Å². The van der Waals surface area contributed by atoms with E-state index in [1.807, 2.05) is 24.3 Å². The van der Waals surface area contributed by atoms with Gasteiger partial charge in [-0.25, -0.2) is 4.79 Å². The molecule has 0 aliphatic rings. The van der Waals surface area contributed by atoms with E-state index in [1.165, 1.54) is 7.11 Å². The van der Waals surface area contributed by atoms with Crippen LogP contribution >= 0.6 is 0 Å². The number of hydrogen-bond donors (Lipinski definition) is 1. The van der Waals surface area contributed by atoms with Gasteiger partial charge in [-0.3, -0.25) is 0 Å². The number of aromatic nitrogens is 1. The molecule has 92 valence electrons. The van der Waals surface area contributed by atoms with Gasteiger partial charge >= 0.3 is 5.97 Å². The molecule has 1 N–H and O–H groups in total. The van der Waals surface area contributed by atoms with Crippen molar-refractivity contribution in [3.63, 3.8) is 0 Å². The van der Waals surface area contributed by atoms with Gasteiger partial charge in [-0.05, 0) is 12.1 Å². The predicted octanol–water partition coefficient (Wildman–Crippen LogP) is 2.42. The van der Waals surface area contributed by atoms with Crippen molar-refractivity contribution in [1.82, 2.24) is 4.57 Å². The molecule has 0 aliphatic carbocycles. The minimum atomic E-state index is -0.687. The first-order chi connectivity index (χ1) is 8.65. The molecule has 0 bridgehead atoms. The SMILES string of the molecule is COC(=O)c1oc2c3ccccc3n(C)c2c1O. The number of benzene rings is 1. The van der Waals surface area contributed by atoms with Gasteiger partial charge in [0.25, 0.3) is 5.76 Å². The zero-order chi connectivity index (χ0) is 12.9. The van der Waals surface area contributed by atoms with E-state index in [0.717, 1.165) is 10.9 Å². The molecule has 0 aliphatic heterocycles. The molecule has 2 heterocycles. The summed E-state index contributed by atoms with van der Waals surface area (Å²) in [6, 6.07) is 7.57. The summed E-state index contributed by atoms with van der Waals surface area (Å²) in [4.78, 5) is 11.5. The Hall–Kier alpha value is -2.43. The molecule has 1 aromatic carbocycles. The van der Waals surface area contributed by atoms with E-state index >= 15 is 0 Å². The van der Waals surface area contributed by atoms with E-state index in [-0.39, 0.29) is 11.5 Å². The molecule has 18 heavy (non-hydrogen) atoms. The lowest BCUT2D eigenvalue weighted by Gasteiger charge is -1.98. The van der Waals surface area contributed by atoms with E-state index < -0.39 is 5.97 Å². The number of hydrogen-bond acceptors (Lipinski definition) is 4. The highest BCUT2D eigenvalue weighted by Gasteiger charge is 2.25. The minimum Gasteiger partial charge on any atom is -0.503 e. The van der Waals surface area contributed by atoms with Gasteiger partial charge in [0.1, 0.15) is 5.52 Å². The second-order valence-corrected chi connectivity index (χ2v) is 4.03. The van der Waals surface area contributed by atoms with Crippen molar-refractivity contribution >= 4 is 28.0 Å². The van der Waals surface area contributed by atoms with Crippen molar-refractivity contribution in [2.75, 3.05) is 7.11 Å². The summed E-state index contributed by atoms with van der Waals surface area (Å²) in [6.45, 7) is 0. The Bertz CT molecular complexity index is 766. The van der Waals surface area contributed by atoms with Crippen LogP contribution in [0.3, 0.4) is 0 Å². The van der Waals surface area contributed by atoms with Crippen LogP contribution < -0.4 is 0 Å². The molecule has 3 rings (SSSR count). The highest BCUT2D eigenvalue weighted by molar-refractivity contribution is 6.10. The third-order valence-corrected chi connectivity index (χ3v) is 3.07. The molecule has 5 nitrogen and oxygen atoms in total. The first-order valence-corrected chi connectivity index (χ1v) is 5.42. The molecule has 0 saturated heterocycles. The number of para-hydroxylation sites is 1. The Balaban J connectivity index is 2.45. The van der Waals surface area contributed by atoms with Crippen LogP contribution in [0.25, 0.3) is 22.0 Å². The fourth-order valence-electron chi connectivity index (χ4n) is 2.22. The maximum absolute atomic E-state index is 11.5. The van der Waals surface area contributed by atoms with Gasteiger partial charge in [-0.1, -0.05) is 12.1 Å². The number of ether oxygens (including phenoxy) is 1. The van der Waals surface area contributed by atoms with E-state index in [2.05, 4.69) is 4.74 Å². The molecule has 2 aromatic heterocycles. The van der Waals surface area contributed by atoms with Gasteiger partial charge in [0.2, 0.25) is 0 Å². The summed E-state index contributed by atoms with van der Waals surface area (Å²) in [6.07, 6.45) is 0. The monoisotopic (exact) mass is 245 g/mol. The van der Waals surface area contributed by atoms with Gasteiger partial charge in [-0.2, -0.15) is 0 Å². The zero-order valence-electron chi connectivity index (χ0n) is 9.93. The maximum Gasteiger partial charge on any atom is 0.378 e. The van der Waals surface area contributed by atoms with Gasteiger partial charge < -0.3 is 18.8 Å². The number of nitrogens with zero attached hydrogens (tertiary/aromatic N) is 1. The lowest BCUT2D eigenvalue weighted by atomic mass is 10.2. The van der Waals surface area contributed by atoms with Gasteiger partial charge in [0.15, 0.2) is 11.3 Å². The van der Waals surface area contributed by atoms with E-state index in [1.54, 1.807) is 11.6 Å². The van der Waals surface area contributed by atoms with E-state index in [4.69, 9.17) is 4.42 Å². The number of aryl methyl sites for hydroxylation is 1. The van der Waals surface area contributed by atoms with Crippen LogP contribution in [-0.4, -0.2) is 22.8 Å². The van der Waals surface area contributed by atoms with Crippen molar-refractivity contribution in [2.45, 2.75) is 0 Å². The number of furan rings is 1. The topological polar surface area (TPSA) is 64.6 Å². The fourth-order valence-corrected chi connectivity index (χ4v) is 2.22. The number of aromatic hydroxyl groups is 1. The largest absolute Gasteiger partial charge is 0.503 e. The Kier molecular flexibility index (Phi) is 2.10. The Morgan fingerprint density at radius 3 is 2.83 bits per heavy atom. The summed E-state index contributed by atoms with van der Waals surface area (Å²) in [5.74, 6) is -1.04. The highest BCUT2D eigenvalue weighted by atomic mass is 16.5. The lowest BCUT2D eigenvalue weighted by molar-refractivity contribution is 0.0563. The van der Waals surface area contributed by atoms with Crippen molar-refractivity contribution in [3.05, 3.63) is 30.0 Å². The van der Waals surface area contributed by atoms with Crippen LogP contribution in [0.4, 0.5) is 0 Å². The summed E-state index contributed by atoms with van der Waals surface area (Å²) >= 11 is 0. The van der Waals surface area contributed by atoms with Crippen molar-refractivity contribution in [2.24, 2.45) is 7.05 Å². The summed E-state index contributed by atoms with van der Waals surface area (Å²) < 4.78 is 11.8. The molecular weight excluding hydrogens is 234 g/mol. The van der Waals surface area contributed by atoms with Crippen LogP contribution in [-0.2, 0) is 11.8 Å². The highest BCUT2D eigenvalue weighted by Crippen LogP contribution is 2.38. The van der Waals surface area contributed by atoms with Crippen LogP contribution in [0, 0.1) is 0 Å². The first kappa shape index (κ1) is 10.7. The average molecular weight is 245 g/mol. The van der Waals surface area contributed by atoms with Crippen molar-refractivity contribution < 1.29 is 19.1 Å². The number of rotatable bonds is 1. The molecule has 0 saturated carbocycles. The zero-order valence-corrected chi connectivity index (χ0v) is 9.93. The van der Waals surface area contributed by atoms with E-state index in [0.29, 0.717) is 11.1 Å². The van der Waals surface area contributed by atoms with Crippen molar-refractivity contribution in [3.8, 4) is 5.75 Å². The molecule has 0 fully saturated rings. The van der Waals surface area contributed by atoms with E-state index in [9.17, 15) is 9.90 Å². The van der Waals surface area contributed by atoms with Crippen LogP contribution in [0.1, 0.15) is 10.6 Å². The Labute approximate surface area is 102 Å². The standard InChI is InChI=1S/C13H11NO4/c1-14-8-6-4-3-5-7(8)11-9(14)10(15)12(18-11)13(16)17-2/h3-6,15H,1-2H3. The lowest BCUT2D eigenvalue weighted by Crippen LogP contribution is -1.99. The van der Waals surface area contributed by atoms with Crippen LogP contribution in [0.2, 0.25) is 0 Å². The molecule has 0 radical (unpaired) electrons. The summed E-state index contributed by atoms with van der Waals surface area (Å²) in [5.41, 5.74) is 1.92. The van der Waals surface area contributed by atoms with Crippen molar-refractivity contribution in [1.29, 1.82) is 0 Å². The second kappa shape index (κ2) is 3.53. The van der Waals surface area contributed by atoms with Crippen LogP contribution in [0.5, 0.6) is 5.75 Å². The minimum absolute atomic E-state index is 0.163. The summed E-state index contributed by atoms with van der Waals surface area (Å²) in [5, 5.41) is 10.9. The Morgan fingerprint density at radius 1 is 1.39 bits per heavy atom. The number of carbonyl (C=O) groups excluding carboxylic acids is 1. The first-order valence-electron chi connectivity index (χ1n) is 5.42. The molecular formula is C13H11NO4. The normalized spacial score (nSPS) is 11.2. The third kappa shape index (κ3) is 1.18. The number of fused-ring (bicyclic) bond motifs is 3. The number of methoxy groups -OCH3 is 1. The van der Waals surface area contributed by atoms with Gasteiger partial charge in [-0.15, -0.1) is 0 Å². The predicted molar refractivity (Wildman–Crippen MR) is 65.7 cm³/mol. The second-order valence-electron chi connectivity index (χ2n) is 4.03. The number of carbonyl (C=O) groups is 1. The fraction of sp³-hybridized carbons (Fsp3) is 0.154. The quantitative estimate of drug-likeness (QED) is 0.669. The molecule has 5 heteroatoms. The molecule has 3 aromatic rings. The molecule has 0 unspecified atom stereocenters. The summed E-state index contributed by atoms with van der Waals surface area (Å²) in [7, 11) is 3.05. The Morgan fingerprint density at radius 2 is 2.11 bits per heavy atom. The maximum atomic E-state index is 11.5. The number of esters is 1. The average Bonchev–Trinajstić information content (AvgIpc) is 2.87. The smallest absolute Gasteiger partial charge is 0.378 e.